The predicted octanol–water partition coefficient (Wildman–Crippen LogP) is 0.822. The molecule has 5 nitrogen and oxygen atoms in total. The predicted molar refractivity (Wildman–Crippen MR) is 74.2 cm³/mol. The van der Waals surface area contributed by atoms with Gasteiger partial charge in [0.2, 0.25) is 5.95 Å². The summed E-state index contributed by atoms with van der Waals surface area (Å²) in [7, 11) is 0. The van der Waals surface area contributed by atoms with Crippen LogP contribution < -0.4 is 4.90 Å². The molecular weight excluding hydrogens is 240 g/mol. The highest BCUT2D eigenvalue weighted by molar-refractivity contribution is 5.30. The lowest BCUT2D eigenvalue weighted by Crippen LogP contribution is -2.54. The number of rotatable bonds is 3. The van der Waals surface area contributed by atoms with Crippen LogP contribution in [0.3, 0.4) is 0 Å². The normalized spacial score (nSPS) is 23.2. The van der Waals surface area contributed by atoms with Gasteiger partial charge < -0.3 is 10.0 Å². The molecule has 0 unspecified atom stereocenters. The van der Waals surface area contributed by atoms with Gasteiger partial charge in [0.15, 0.2) is 0 Å². The molecule has 1 saturated carbocycles. The van der Waals surface area contributed by atoms with E-state index in [2.05, 4.69) is 19.8 Å². The van der Waals surface area contributed by atoms with Crippen molar-refractivity contribution in [1.82, 2.24) is 14.9 Å². The van der Waals surface area contributed by atoms with E-state index in [0.717, 1.165) is 57.2 Å². The zero-order valence-electron chi connectivity index (χ0n) is 11.5. The fourth-order valence-corrected chi connectivity index (χ4v) is 2.85. The van der Waals surface area contributed by atoms with Gasteiger partial charge in [0.1, 0.15) is 0 Å². The molecule has 3 rings (SSSR count). The Bertz CT molecular complexity index is 439. The van der Waals surface area contributed by atoms with Crippen molar-refractivity contribution in [1.29, 1.82) is 0 Å². The Morgan fingerprint density at radius 1 is 1.26 bits per heavy atom. The number of piperazine rings is 1. The van der Waals surface area contributed by atoms with Gasteiger partial charge in [0.25, 0.3) is 0 Å². The summed E-state index contributed by atoms with van der Waals surface area (Å²) in [6, 6.07) is 1.92. The smallest absolute Gasteiger partial charge is 0.225 e. The van der Waals surface area contributed by atoms with Crippen LogP contribution in [-0.4, -0.2) is 58.3 Å². The molecule has 1 N–H and O–H groups in total. The number of aryl methyl sites for hydroxylation is 1. The molecule has 0 radical (unpaired) electrons. The minimum atomic E-state index is -0.401. The van der Waals surface area contributed by atoms with Crippen molar-refractivity contribution in [3.8, 4) is 0 Å². The van der Waals surface area contributed by atoms with Gasteiger partial charge in [-0.2, -0.15) is 0 Å². The zero-order chi connectivity index (χ0) is 13.3. The average molecular weight is 262 g/mol. The second-order valence-corrected chi connectivity index (χ2v) is 5.84. The number of aromatic nitrogens is 2. The van der Waals surface area contributed by atoms with Gasteiger partial charge in [-0.25, -0.2) is 9.97 Å². The van der Waals surface area contributed by atoms with E-state index in [1.807, 2.05) is 19.2 Å². The summed E-state index contributed by atoms with van der Waals surface area (Å²) in [5.74, 6) is 0.835. The number of β-amino-alcohol motifs (C(OH)–C–C–N with tert-alkyl or cyclic N) is 1. The Morgan fingerprint density at radius 3 is 2.58 bits per heavy atom. The van der Waals surface area contributed by atoms with E-state index < -0.39 is 5.60 Å². The first-order valence-corrected chi connectivity index (χ1v) is 7.14. The van der Waals surface area contributed by atoms with E-state index in [0.29, 0.717) is 0 Å². The fraction of sp³-hybridized carbons (Fsp3) is 0.714. The van der Waals surface area contributed by atoms with Crippen molar-refractivity contribution in [3.05, 3.63) is 18.0 Å². The number of hydrogen-bond acceptors (Lipinski definition) is 5. The standard InChI is InChI=1S/C14H22N4O/c1-12-3-6-15-13(16-12)18-9-7-17(8-10-18)11-14(19)4-2-5-14/h3,6,19H,2,4-5,7-11H2,1H3. The SMILES string of the molecule is Cc1ccnc(N2CCN(CC3(O)CCC3)CC2)n1. The van der Waals surface area contributed by atoms with Crippen molar-refractivity contribution in [3.63, 3.8) is 0 Å². The summed E-state index contributed by atoms with van der Waals surface area (Å²) in [5.41, 5.74) is 0.610. The van der Waals surface area contributed by atoms with Gasteiger partial charge in [0, 0.05) is 44.6 Å². The highest BCUT2D eigenvalue weighted by Gasteiger charge is 2.36. The second kappa shape index (κ2) is 5.06. The zero-order valence-corrected chi connectivity index (χ0v) is 11.5. The molecule has 0 bridgehead atoms. The third-order valence-corrected chi connectivity index (χ3v) is 4.24. The maximum Gasteiger partial charge on any atom is 0.225 e. The van der Waals surface area contributed by atoms with Crippen molar-refractivity contribution >= 4 is 5.95 Å². The Morgan fingerprint density at radius 2 is 2.00 bits per heavy atom. The maximum absolute atomic E-state index is 10.2. The van der Waals surface area contributed by atoms with Crippen LogP contribution >= 0.6 is 0 Å². The van der Waals surface area contributed by atoms with Crippen molar-refractivity contribution in [2.75, 3.05) is 37.6 Å². The summed E-state index contributed by atoms with van der Waals surface area (Å²) in [5, 5.41) is 10.2. The first-order valence-electron chi connectivity index (χ1n) is 7.14. The summed E-state index contributed by atoms with van der Waals surface area (Å²) < 4.78 is 0. The Labute approximate surface area is 114 Å². The molecule has 0 aromatic carbocycles. The van der Waals surface area contributed by atoms with Crippen LogP contribution in [0, 0.1) is 6.92 Å². The van der Waals surface area contributed by atoms with E-state index in [1.54, 1.807) is 0 Å². The van der Waals surface area contributed by atoms with Gasteiger partial charge >= 0.3 is 0 Å². The average Bonchev–Trinajstić information content (AvgIpc) is 2.38. The van der Waals surface area contributed by atoms with Crippen LogP contribution in [0.1, 0.15) is 25.0 Å². The van der Waals surface area contributed by atoms with Crippen molar-refractivity contribution < 1.29 is 5.11 Å². The lowest BCUT2D eigenvalue weighted by atomic mass is 9.80. The van der Waals surface area contributed by atoms with Crippen LogP contribution in [0.4, 0.5) is 5.95 Å². The summed E-state index contributed by atoms with van der Waals surface area (Å²) in [6.45, 7) is 6.68. The van der Waals surface area contributed by atoms with Crippen molar-refractivity contribution in [2.24, 2.45) is 0 Å². The molecule has 0 amide bonds. The molecule has 1 aliphatic heterocycles. The number of nitrogens with zero attached hydrogens (tertiary/aromatic N) is 4. The summed E-state index contributed by atoms with van der Waals surface area (Å²) >= 11 is 0. The fourth-order valence-electron chi connectivity index (χ4n) is 2.85. The highest BCUT2D eigenvalue weighted by atomic mass is 16.3. The quantitative estimate of drug-likeness (QED) is 0.874. The first kappa shape index (κ1) is 12.8. The van der Waals surface area contributed by atoms with E-state index >= 15 is 0 Å². The molecule has 5 heteroatoms. The van der Waals surface area contributed by atoms with Crippen LogP contribution in [-0.2, 0) is 0 Å². The molecule has 19 heavy (non-hydrogen) atoms. The lowest BCUT2D eigenvalue weighted by molar-refractivity contribution is -0.0594. The largest absolute Gasteiger partial charge is 0.389 e. The van der Waals surface area contributed by atoms with Gasteiger partial charge in [-0.15, -0.1) is 0 Å². The molecule has 0 atom stereocenters. The molecule has 1 aromatic heterocycles. The molecule has 2 fully saturated rings. The molecular formula is C14H22N4O. The van der Waals surface area contributed by atoms with Gasteiger partial charge in [-0.3, -0.25) is 4.90 Å². The number of anilines is 1. The minimum Gasteiger partial charge on any atom is -0.389 e. The third-order valence-electron chi connectivity index (χ3n) is 4.24. The Hall–Kier alpha value is -1.20. The molecule has 104 valence electrons. The number of aliphatic hydroxyl groups is 1. The maximum atomic E-state index is 10.2. The summed E-state index contributed by atoms with van der Waals surface area (Å²) in [6.07, 6.45) is 4.93. The monoisotopic (exact) mass is 262 g/mol. The molecule has 1 aromatic rings. The third kappa shape index (κ3) is 2.87. The topological polar surface area (TPSA) is 52.5 Å². The highest BCUT2D eigenvalue weighted by Crippen LogP contribution is 2.32. The van der Waals surface area contributed by atoms with Crippen LogP contribution in [0.5, 0.6) is 0 Å². The van der Waals surface area contributed by atoms with E-state index in [9.17, 15) is 5.11 Å². The summed E-state index contributed by atoms with van der Waals surface area (Å²) in [4.78, 5) is 13.4. The second-order valence-electron chi connectivity index (χ2n) is 5.84. The molecule has 1 aliphatic carbocycles. The number of hydrogen-bond donors (Lipinski definition) is 1. The molecule has 2 heterocycles. The van der Waals surface area contributed by atoms with Gasteiger partial charge in [-0.05, 0) is 32.3 Å². The van der Waals surface area contributed by atoms with Crippen LogP contribution in [0.25, 0.3) is 0 Å². The lowest BCUT2D eigenvalue weighted by Gasteiger charge is -2.43. The first-order chi connectivity index (χ1) is 9.15. The Kier molecular flexibility index (Phi) is 3.41. The van der Waals surface area contributed by atoms with Crippen LogP contribution in [0.15, 0.2) is 12.3 Å². The van der Waals surface area contributed by atoms with Gasteiger partial charge in [0.05, 0.1) is 5.60 Å². The molecule has 2 aliphatic rings. The minimum absolute atomic E-state index is 0.401. The molecule has 0 spiro atoms. The van der Waals surface area contributed by atoms with E-state index in [1.165, 1.54) is 6.42 Å². The van der Waals surface area contributed by atoms with E-state index in [-0.39, 0.29) is 0 Å². The molecule has 1 saturated heterocycles. The van der Waals surface area contributed by atoms with Gasteiger partial charge in [-0.1, -0.05) is 0 Å². The van der Waals surface area contributed by atoms with E-state index in [4.69, 9.17) is 0 Å². The Balaban J connectivity index is 1.54. The van der Waals surface area contributed by atoms with Crippen molar-refractivity contribution in [2.45, 2.75) is 31.8 Å². The van der Waals surface area contributed by atoms with Crippen LogP contribution in [0.2, 0.25) is 0 Å².